The molecule has 0 N–H and O–H groups in total. The first-order valence-corrected chi connectivity index (χ1v) is 7.44. The standard InChI is InChI=1S/C16H19N3O3/c1-22-16(20)11-18-7-5-14(6-8-18)19-9-4-12-2-3-13(17-21)10-15(12)19/h2-4,9-10,14H,5-8,11H2,1H3. The second-order valence-electron chi connectivity index (χ2n) is 5.64. The number of ether oxygens (including phenoxy) is 1. The number of benzene rings is 1. The zero-order valence-electron chi connectivity index (χ0n) is 12.6. The van der Waals surface area contributed by atoms with E-state index in [4.69, 9.17) is 4.74 Å². The van der Waals surface area contributed by atoms with Crippen LogP contribution < -0.4 is 0 Å². The van der Waals surface area contributed by atoms with Crippen LogP contribution in [0.25, 0.3) is 10.9 Å². The molecule has 116 valence electrons. The van der Waals surface area contributed by atoms with Crippen LogP contribution in [0.2, 0.25) is 0 Å². The summed E-state index contributed by atoms with van der Waals surface area (Å²) >= 11 is 0. The van der Waals surface area contributed by atoms with Crippen molar-refractivity contribution < 1.29 is 9.53 Å². The number of carbonyl (C=O) groups is 1. The van der Waals surface area contributed by atoms with Gasteiger partial charge < -0.3 is 9.30 Å². The largest absolute Gasteiger partial charge is 0.468 e. The van der Waals surface area contributed by atoms with Gasteiger partial charge in [0, 0.05) is 25.3 Å². The lowest BCUT2D eigenvalue weighted by Gasteiger charge is -2.32. The Morgan fingerprint density at radius 3 is 2.77 bits per heavy atom. The van der Waals surface area contributed by atoms with Crippen molar-refractivity contribution >= 4 is 22.6 Å². The summed E-state index contributed by atoms with van der Waals surface area (Å²) in [4.78, 5) is 24.2. The summed E-state index contributed by atoms with van der Waals surface area (Å²) in [6, 6.07) is 7.94. The van der Waals surface area contributed by atoms with E-state index in [1.165, 1.54) is 7.11 Å². The number of hydrogen-bond donors (Lipinski definition) is 0. The highest BCUT2D eigenvalue weighted by Gasteiger charge is 2.22. The van der Waals surface area contributed by atoms with E-state index in [1.807, 2.05) is 12.1 Å². The quantitative estimate of drug-likeness (QED) is 0.643. The molecular formula is C16H19N3O3. The van der Waals surface area contributed by atoms with Gasteiger partial charge in [-0.3, -0.25) is 9.69 Å². The van der Waals surface area contributed by atoms with Gasteiger partial charge in [-0.1, -0.05) is 6.07 Å². The smallest absolute Gasteiger partial charge is 0.319 e. The molecule has 1 aliphatic heterocycles. The Kier molecular flexibility index (Phi) is 4.20. The molecule has 0 atom stereocenters. The fraction of sp³-hybridized carbons (Fsp3) is 0.438. The van der Waals surface area contributed by atoms with Gasteiger partial charge in [0.1, 0.15) is 5.69 Å². The first-order valence-electron chi connectivity index (χ1n) is 7.44. The van der Waals surface area contributed by atoms with Crippen LogP contribution in [0.15, 0.2) is 35.6 Å². The third-order valence-corrected chi connectivity index (χ3v) is 4.34. The molecule has 3 rings (SSSR count). The lowest BCUT2D eigenvalue weighted by atomic mass is 10.0. The third kappa shape index (κ3) is 2.87. The van der Waals surface area contributed by atoms with E-state index >= 15 is 0 Å². The van der Waals surface area contributed by atoms with Crippen LogP contribution in [-0.2, 0) is 9.53 Å². The van der Waals surface area contributed by atoms with Crippen molar-refractivity contribution in [2.75, 3.05) is 26.7 Å². The number of rotatable bonds is 4. The monoisotopic (exact) mass is 301 g/mol. The van der Waals surface area contributed by atoms with Crippen molar-refractivity contribution in [2.24, 2.45) is 5.18 Å². The van der Waals surface area contributed by atoms with E-state index < -0.39 is 0 Å². The van der Waals surface area contributed by atoms with E-state index in [0.29, 0.717) is 18.3 Å². The van der Waals surface area contributed by atoms with Gasteiger partial charge in [-0.15, -0.1) is 4.91 Å². The fourth-order valence-corrected chi connectivity index (χ4v) is 3.12. The van der Waals surface area contributed by atoms with Gasteiger partial charge in [0.2, 0.25) is 0 Å². The Morgan fingerprint density at radius 2 is 2.09 bits per heavy atom. The highest BCUT2D eigenvalue weighted by molar-refractivity contribution is 5.83. The predicted molar refractivity (Wildman–Crippen MR) is 84.1 cm³/mol. The van der Waals surface area contributed by atoms with Crippen LogP contribution in [0.4, 0.5) is 5.69 Å². The predicted octanol–water partition coefficient (Wildman–Crippen LogP) is 2.85. The van der Waals surface area contributed by atoms with Crippen LogP contribution in [0, 0.1) is 4.91 Å². The topological polar surface area (TPSA) is 63.9 Å². The van der Waals surface area contributed by atoms with E-state index in [9.17, 15) is 9.70 Å². The normalized spacial score (nSPS) is 16.8. The summed E-state index contributed by atoms with van der Waals surface area (Å²) in [6.07, 6.45) is 4.01. The number of nitrogens with zero attached hydrogens (tertiary/aromatic N) is 3. The average Bonchev–Trinajstić information content (AvgIpc) is 2.98. The maximum Gasteiger partial charge on any atom is 0.319 e. The third-order valence-electron chi connectivity index (χ3n) is 4.34. The number of esters is 1. The zero-order chi connectivity index (χ0) is 15.5. The molecule has 0 saturated carbocycles. The molecule has 6 nitrogen and oxygen atoms in total. The van der Waals surface area contributed by atoms with Crippen molar-refractivity contribution in [3.05, 3.63) is 35.4 Å². The molecule has 2 aromatic rings. The van der Waals surface area contributed by atoms with Crippen molar-refractivity contribution in [1.82, 2.24) is 9.47 Å². The number of carbonyl (C=O) groups excluding carboxylic acids is 1. The second kappa shape index (κ2) is 6.27. The molecule has 1 saturated heterocycles. The summed E-state index contributed by atoms with van der Waals surface area (Å²) in [5, 5.41) is 4.13. The van der Waals surface area contributed by atoms with Gasteiger partial charge in [0.15, 0.2) is 0 Å². The van der Waals surface area contributed by atoms with Gasteiger partial charge >= 0.3 is 5.97 Å². The Morgan fingerprint density at radius 1 is 1.32 bits per heavy atom. The molecule has 0 unspecified atom stereocenters. The van der Waals surface area contributed by atoms with Gasteiger partial charge in [0.05, 0.1) is 19.2 Å². The number of nitroso groups, excluding NO2 is 1. The van der Waals surface area contributed by atoms with Crippen molar-refractivity contribution in [1.29, 1.82) is 0 Å². The number of likely N-dealkylation sites (tertiary alicyclic amines) is 1. The molecule has 0 amide bonds. The molecular weight excluding hydrogens is 282 g/mol. The maximum atomic E-state index is 11.3. The highest BCUT2D eigenvalue weighted by Crippen LogP contribution is 2.29. The van der Waals surface area contributed by atoms with Crippen LogP contribution in [0.1, 0.15) is 18.9 Å². The minimum Gasteiger partial charge on any atom is -0.468 e. The molecule has 1 aromatic heterocycles. The minimum atomic E-state index is -0.188. The van der Waals surface area contributed by atoms with E-state index in [-0.39, 0.29) is 5.97 Å². The van der Waals surface area contributed by atoms with E-state index in [0.717, 1.165) is 36.8 Å². The lowest BCUT2D eigenvalue weighted by Crippen LogP contribution is -2.38. The summed E-state index contributed by atoms with van der Waals surface area (Å²) in [5.41, 5.74) is 1.50. The molecule has 22 heavy (non-hydrogen) atoms. The fourth-order valence-electron chi connectivity index (χ4n) is 3.12. The molecule has 0 aliphatic carbocycles. The van der Waals surface area contributed by atoms with Crippen LogP contribution in [0.3, 0.4) is 0 Å². The Bertz CT molecular complexity index is 687. The zero-order valence-corrected chi connectivity index (χ0v) is 12.6. The van der Waals surface area contributed by atoms with Gasteiger partial charge in [-0.2, -0.15) is 0 Å². The minimum absolute atomic E-state index is 0.188. The number of aromatic nitrogens is 1. The van der Waals surface area contributed by atoms with Crippen molar-refractivity contribution in [3.8, 4) is 0 Å². The van der Waals surface area contributed by atoms with E-state index in [1.54, 1.807) is 6.07 Å². The van der Waals surface area contributed by atoms with Crippen LogP contribution in [0.5, 0.6) is 0 Å². The number of fused-ring (bicyclic) bond motifs is 1. The number of piperidine rings is 1. The SMILES string of the molecule is COC(=O)CN1CCC(n2ccc3ccc(N=O)cc32)CC1. The van der Waals surface area contributed by atoms with E-state index in [2.05, 4.69) is 26.9 Å². The second-order valence-corrected chi connectivity index (χ2v) is 5.64. The number of hydrogen-bond acceptors (Lipinski definition) is 5. The maximum absolute atomic E-state index is 11.3. The summed E-state index contributed by atoms with van der Waals surface area (Å²) in [5.74, 6) is -0.188. The molecule has 6 heteroatoms. The summed E-state index contributed by atoms with van der Waals surface area (Å²) in [6.45, 7) is 2.09. The lowest BCUT2D eigenvalue weighted by molar-refractivity contribution is -0.142. The first kappa shape index (κ1) is 14.7. The molecule has 1 aliphatic rings. The molecule has 1 aromatic carbocycles. The average molecular weight is 301 g/mol. The molecule has 2 heterocycles. The number of methoxy groups -OCH3 is 1. The summed E-state index contributed by atoms with van der Waals surface area (Å²) in [7, 11) is 1.42. The van der Waals surface area contributed by atoms with Gasteiger partial charge in [-0.25, -0.2) is 0 Å². The van der Waals surface area contributed by atoms with Gasteiger partial charge in [0.25, 0.3) is 0 Å². The Hall–Kier alpha value is -2.21. The van der Waals surface area contributed by atoms with Gasteiger partial charge in [-0.05, 0) is 41.6 Å². The first-order chi connectivity index (χ1) is 10.7. The van der Waals surface area contributed by atoms with Crippen LogP contribution >= 0.6 is 0 Å². The molecule has 1 fully saturated rings. The Labute approximate surface area is 128 Å². The van der Waals surface area contributed by atoms with Crippen molar-refractivity contribution in [3.63, 3.8) is 0 Å². The van der Waals surface area contributed by atoms with Crippen molar-refractivity contribution in [2.45, 2.75) is 18.9 Å². The molecule has 0 bridgehead atoms. The Balaban J connectivity index is 1.73. The molecule has 0 spiro atoms. The van der Waals surface area contributed by atoms with Crippen LogP contribution in [-0.4, -0.2) is 42.2 Å². The highest BCUT2D eigenvalue weighted by atomic mass is 16.5. The summed E-state index contributed by atoms with van der Waals surface area (Å²) < 4.78 is 6.93. The molecule has 0 radical (unpaired) electrons.